The Morgan fingerprint density at radius 1 is 1.00 bits per heavy atom. The molecule has 0 radical (unpaired) electrons. The van der Waals surface area contributed by atoms with Crippen molar-refractivity contribution in [1.82, 2.24) is 33.6 Å². The molecule has 16 nitrogen and oxygen atoms in total. The molecular weight excluding hydrogens is 763 g/mol. The molecule has 4 atom stereocenters. The summed E-state index contributed by atoms with van der Waals surface area (Å²) in [6.07, 6.45) is 11.0. The Labute approximate surface area is 337 Å². The van der Waals surface area contributed by atoms with E-state index >= 15 is 0 Å². The number of amides is 4. The zero-order valence-electron chi connectivity index (χ0n) is 33.3. The summed E-state index contributed by atoms with van der Waals surface area (Å²) in [7, 11) is -1.93. The lowest BCUT2D eigenvalue weighted by molar-refractivity contribution is -0.136. The van der Waals surface area contributed by atoms with Crippen LogP contribution in [0.4, 0.5) is 11.8 Å². The zero-order chi connectivity index (χ0) is 40.5. The largest absolute Gasteiger partial charge is 0.351 e. The Bertz CT molecular complexity index is 2350. The number of imide groups is 1. The number of anilines is 2. The van der Waals surface area contributed by atoms with E-state index in [9.17, 15) is 32.4 Å². The molecule has 4 unspecified atom stereocenters. The van der Waals surface area contributed by atoms with Crippen molar-refractivity contribution in [1.29, 1.82) is 0 Å². The van der Waals surface area contributed by atoms with Gasteiger partial charge in [0.2, 0.25) is 39.6 Å². The third-order valence-electron chi connectivity index (χ3n) is 13.9. The zero-order valence-corrected chi connectivity index (χ0v) is 34.1. The third kappa shape index (κ3) is 6.61. The highest BCUT2D eigenvalue weighted by molar-refractivity contribution is 7.89. The fourth-order valence-corrected chi connectivity index (χ4v) is 12.3. The molecule has 2 aliphatic carbocycles. The Hall–Kier alpha value is -4.64. The van der Waals surface area contributed by atoms with Crippen molar-refractivity contribution in [2.24, 2.45) is 13.0 Å². The summed E-state index contributed by atoms with van der Waals surface area (Å²) >= 11 is 0. The number of rotatable bonds is 11. The van der Waals surface area contributed by atoms with Crippen LogP contribution in [0.2, 0.25) is 0 Å². The standard InChI is InChI=1S/C41H53N9O7S/c1-25-7-5-10-30(25)50-36-29(41(18-19-41)38(50)54)23-42-39(45-36)43-27-15-21-48(22-16-27)58(56,57)28-17-20-47(24-28)34(52)12-4-3-8-26-9-6-11-31-35(26)46(2)40(55)49(31)32-13-14-33(51)44-37(32)53/h6,9,11,23,25,27-28,30,32H,3-5,7-8,10,12-22,24H2,1-2H3,(H,42,43,45)(H,44,51,53). The molecule has 310 valence electrons. The van der Waals surface area contributed by atoms with Gasteiger partial charge in [0.25, 0.3) is 0 Å². The maximum atomic E-state index is 13.8. The van der Waals surface area contributed by atoms with Gasteiger partial charge in [-0.05, 0) is 88.2 Å². The van der Waals surface area contributed by atoms with Gasteiger partial charge in [0.05, 0.1) is 21.7 Å². The normalized spacial score (nSPS) is 26.2. The fraction of sp³-hybridized carbons (Fsp3) is 0.634. The number of nitrogens with zero attached hydrogens (tertiary/aromatic N) is 7. The SMILES string of the molecule is CC1CCCC1N1C(=O)C2(CC2)c2cnc(NC3CCN(S(=O)(=O)C4CCN(C(=O)CCCCc5cccc6c5n(C)c(=O)n6C5CCC(=O)NC5=O)C4)CC3)nc21. The second-order valence-electron chi connectivity index (χ2n) is 17.4. The molecule has 5 fully saturated rings. The van der Waals surface area contributed by atoms with Gasteiger partial charge in [0, 0.05) is 69.9 Å². The minimum Gasteiger partial charge on any atom is -0.351 e. The number of likely N-dealkylation sites (tertiary alicyclic amines) is 1. The summed E-state index contributed by atoms with van der Waals surface area (Å²) in [5.74, 6) is 0.982. The molecule has 17 heteroatoms. The third-order valence-corrected chi connectivity index (χ3v) is 16.2. The summed E-state index contributed by atoms with van der Waals surface area (Å²) < 4.78 is 32.2. The molecule has 2 aromatic heterocycles. The number of piperidine rings is 2. The second-order valence-corrected chi connectivity index (χ2v) is 19.7. The highest BCUT2D eigenvalue weighted by atomic mass is 32.2. The van der Waals surface area contributed by atoms with Crippen LogP contribution in [0.5, 0.6) is 0 Å². The van der Waals surface area contributed by atoms with E-state index in [-0.39, 0.29) is 54.9 Å². The highest BCUT2D eigenvalue weighted by Crippen LogP contribution is 2.58. The van der Waals surface area contributed by atoms with E-state index in [2.05, 4.69) is 22.5 Å². The molecule has 0 bridgehead atoms. The molecule has 6 heterocycles. The summed E-state index contributed by atoms with van der Waals surface area (Å²) in [6.45, 7) is 3.56. The van der Waals surface area contributed by atoms with Crippen molar-refractivity contribution < 1.29 is 27.6 Å². The monoisotopic (exact) mass is 815 g/mol. The lowest BCUT2D eigenvalue weighted by Gasteiger charge is -2.33. The molecule has 58 heavy (non-hydrogen) atoms. The van der Waals surface area contributed by atoms with Crippen LogP contribution < -0.4 is 21.2 Å². The molecule has 1 aromatic carbocycles. The highest BCUT2D eigenvalue weighted by Gasteiger charge is 2.62. The first-order valence-electron chi connectivity index (χ1n) is 21.1. The number of sulfonamides is 1. The number of hydrogen-bond donors (Lipinski definition) is 2. The van der Waals surface area contributed by atoms with Crippen LogP contribution in [0.15, 0.2) is 29.2 Å². The molecule has 9 rings (SSSR count). The first-order valence-corrected chi connectivity index (χ1v) is 22.6. The van der Waals surface area contributed by atoms with Crippen molar-refractivity contribution in [2.75, 3.05) is 36.4 Å². The van der Waals surface area contributed by atoms with E-state index in [0.717, 1.165) is 54.6 Å². The molecule has 6 aliphatic rings. The number of carbonyl (C=O) groups excluding carboxylic acids is 4. The molecule has 4 aliphatic heterocycles. The Morgan fingerprint density at radius 2 is 1.79 bits per heavy atom. The van der Waals surface area contributed by atoms with Gasteiger partial charge in [-0.25, -0.2) is 22.5 Å². The van der Waals surface area contributed by atoms with E-state index in [0.29, 0.717) is 82.0 Å². The number of nitrogens with one attached hydrogen (secondary N) is 2. The Balaban J connectivity index is 0.758. The number of hydrogen-bond acceptors (Lipinski definition) is 10. The number of para-hydroxylation sites is 1. The molecule has 1 spiro atoms. The fourth-order valence-electron chi connectivity index (χ4n) is 10.4. The van der Waals surface area contributed by atoms with Gasteiger partial charge < -0.3 is 10.2 Å². The van der Waals surface area contributed by atoms with Gasteiger partial charge in [-0.3, -0.25) is 38.5 Å². The molecular formula is C41H53N9O7S. The number of fused-ring (bicyclic) bond motifs is 3. The molecule has 2 N–H and O–H groups in total. The lowest BCUT2D eigenvalue weighted by atomic mass is 10.0. The van der Waals surface area contributed by atoms with Crippen LogP contribution in [0.1, 0.15) is 108 Å². The van der Waals surface area contributed by atoms with Crippen LogP contribution in [0.25, 0.3) is 11.0 Å². The number of unbranched alkanes of at least 4 members (excludes halogenated alkanes) is 1. The van der Waals surface area contributed by atoms with E-state index in [1.165, 1.54) is 4.57 Å². The van der Waals surface area contributed by atoms with Crippen LogP contribution in [0.3, 0.4) is 0 Å². The first-order chi connectivity index (χ1) is 27.9. The predicted octanol–water partition coefficient (Wildman–Crippen LogP) is 2.89. The van der Waals surface area contributed by atoms with Crippen LogP contribution in [0, 0.1) is 5.92 Å². The van der Waals surface area contributed by atoms with Gasteiger partial charge >= 0.3 is 5.69 Å². The number of aryl methyl sites for hydroxylation is 2. The molecule has 3 saturated heterocycles. The topological polar surface area (TPSA) is 189 Å². The summed E-state index contributed by atoms with van der Waals surface area (Å²) in [5, 5.41) is 5.16. The number of benzene rings is 1. The molecule has 4 amide bonds. The van der Waals surface area contributed by atoms with E-state index in [1.807, 2.05) is 29.3 Å². The Kier molecular flexibility index (Phi) is 9.96. The maximum Gasteiger partial charge on any atom is 0.329 e. The molecule has 2 saturated carbocycles. The number of aromatic nitrogens is 4. The van der Waals surface area contributed by atoms with Crippen molar-refractivity contribution in [2.45, 2.75) is 126 Å². The second kappa shape index (κ2) is 14.9. The van der Waals surface area contributed by atoms with E-state index in [1.54, 1.807) is 20.8 Å². The average Bonchev–Trinajstić information content (AvgIpc) is 3.41. The van der Waals surface area contributed by atoms with E-state index in [4.69, 9.17) is 4.98 Å². The average molecular weight is 816 g/mol. The van der Waals surface area contributed by atoms with Gasteiger partial charge in [-0.15, -0.1) is 0 Å². The number of carbonyl (C=O) groups is 4. The van der Waals surface area contributed by atoms with Crippen LogP contribution in [-0.2, 0) is 48.1 Å². The van der Waals surface area contributed by atoms with Crippen molar-refractivity contribution in [3.8, 4) is 0 Å². The summed E-state index contributed by atoms with van der Waals surface area (Å²) in [5.41, 5.74) is 2.51. The Morgan fingerprint density at radius 3 is 2.52 bits per heavy atom. The van der Waals surface area contributed by atoms with Gasteiger partial charge in [0.1, 0.15) is 11.9 Å². The smallest absolute Gasteiger partial charge is 0.329 e. The lowest BCUT2D eigenvalue weighted by Crippen LogP contribution is -2.47. The van der Waals surface area contributed by atoms with Crippen molar-refractivity contribution in [3.05, 3.63) is 46.0 Å². The quantitative estimate of drug-likeness (QED) is 0.215. The number of imidazole rings is 1. The minimum atomic E-state index is -3.60. The minimum absolute atomic E-state index is 0.000830. The first kappa shape index (κ1) is 38.9. The maximum absolute atomic E-state index is 13.8. The van der Waals surface area contributed by atoms with Gasteiger partial charge in [-0.1, -0.05) is 25.5 Å². The predicted molar refractivity (Wildman–Crippen MR) is 216 cm³/mol. The van der Waals surface area contributed by atoms with Gasteiger partial charge in [-0.2, -0.15) is 4.98 Å². The van der Waals surface area contributed by atoms with Crippen LogP contribution >= 0.6 is 0 Å². The summed E-state index contributed by atoms with van der Waals surface area (Å²) in [6, 6.07) is 5.03. The van der Waals surface area contributed by atoms with E-state index < -0.39 is 32.6 Å². The molecule has 3 aromatic rings. The van der Waals surface area contributed by atoms with Crippen molar-refractivity contribution in [3.63, 3.8) is 0 Å². The van der Waals surface area contributed by atoms with Crippen molar-refractivity contribution >= 4 is 56.5 Å². The van der Waals surface area contributed by atoms with Gasteiger partial charge in [0.15, 0.2) is 0 Å². The van der Waals surface area contributed by atoms with Crippen LogP contribution in [-0.4, -0.2) is 104 Å². The summed E-state index contributed by atoms with van der Waals surface area (Å²) in [4.78, 5) is 77.7.